The Labute approximate surface area is 154 Å². The third-order valence-corrected chi connectivity index (χ3v) is 3.65. The van der Waals surface area contributed by atoms with Crippen molar-refractivity contribution in [3.8, 4) is 0 Å². The van der Waals surface area contributed by atoms with Gasteiger partial charge in [0.1, 0.15) is 0 Å². The number of carbonyl (C=O) groups is 2. The first kappa shape index (κ1) is 25.9. The Bertz CT molecular complexity index is 733. The van der Waals surface area contributed by atoms with Crippen molar-refractivity contribution in [3.63, 3.8) is 0 Å². The lowest BCUT2D eigenvalue weighted by Crippen LogP contribution is -2.73. The molecular weight excluding hydrogens is 475 g/mol. The number of amides is 2. The highest BCUT2D eigenvalue weighted by molar-refractivity contribution is 6.12. The van der Waals surface area contributed by atoms with Crippen LogP contribution in [0.2, 0.25) is 0 Å². The minimum atomic E-state index is -8.41. The van der Waals surface area contributed by atoms with E-state index in [0.29, 0.717) is 0 Å². The predicted octanol–water partition coefficient (Wildman–Crippen LogP) is 4.29. The lowest BCUT2D eigenvalue weighted by atomic mass is 9.91. The van der Waals surface area contributed by atoms with Crippen LogP contribution in [0.1, 0.15) is 0 Å². The second-order valence-electron chi connectivity index (χ2n) is 5.67. The number of alkyl halides is 15. The van der Waals surface area contributed by atoms with E-state index in [4.69, 9.17) is 0 Å². The minimum absolute atomic E-state index is 0.126. The van der Waals surface area contributed by atoms with Crippen LogP contribution in [0.3, 0.4) is 0 Å². The van der Waals surface area contributed by atoms with Crippen molar-refractivity contribution in [1.29, 1.82) is 0 Å². The predicted molar refractivity (Wildman–Crippen MR) is 61.6 cm³/mol. The number of hydrogen-bond acceptors (Lipinski definition) is 2. The molecule has 0 aromatic heterocycles. The van der Waals surface area contributed by atoms with Gasteiger partial charge < -0.3 is 0 Å². The van der Waals surface area contributed by atoms with Crippen LogP contribution in [0, 0.1) is 0 Å². The van der Waals surface area contributed by atoms with Gasteiger partial charge in [-0.1, -0.05) is 0 Å². The quantitative estimate of drug-likeness (QED) is 0.404. The van der Waals surface area contributed by atoms with E-state index >= 15 is 0 Å². The smallest absolute Gasteiger partial charge is 0.269 e. The van der Waals surface area contributed by atoms with E-state index in [1.807, 2.05) is 0 Å². The lowest BCUT2D eigenvalue weighted by molar-refractivity contribution is -0.452. The number of hydrogen-bond donors (Lipinski definition) is 0. The summed E-state index contributed by atoms with van der Waals surface area (Å²) in [6.45, 7) is -3.13. The van der Waals surface area contributed by atoms with E-state index in [9.17, 15) is 75.4 Å². The average Bonchev–Trinajstić information content (AvgIpc) is 2.84. The molecule has 0 fully saturated rings. The maximum Gasteiger partial charge on any atom is 0.460 e. The fraction of sp³-hybridized carbons (Fsp3) is 0.667. The van der Waals surface area contributed by atoms with Crippen molar-refractivity contribution >= 4 is 11.8 Å². The summed E-state index contributed by atoms with van der Waals surface area (Å²) in [5.41, 5.74) is 0. The molecule has 174 valence electrons. The number of nitrogens with zero attached hydrogens (tertiary/aromatic N) is 1. The molecule has 1 aliphatic rings. The van der Waals surface area contributed by atoms with Crippen LogP contribution in [0.4, 0.5) is 65.9 Å². The molecule has 0 saturated carbocycles. The lowest BCUT2D eigenvalue weighted by Gasteiger charge is -2.41. The highest BCUT2D eigenvalue weighted by Crippen LogP contribution is 2.62. The third kappa shape index (κ3) is 3.27. The highest BCUT2D eigenvalue weighted by Gasteiger charge is 2.93. The molecule has 0 radical (unpaired) electrons. The van der Waals surface area contributed by atoms with Crippen LogP contribution < -0.4 is 0 Å². The Kier molecular flexibility index (Phi) is 5.75. The van der Waals surface area contributed by atoms with Crippen LogP contribution in [0.15, 0.2) is 12.2 Å². The Morgan fingerprint density at radius 1 is 0.533 bits per heavy atom. The van der Waals surface area contributed by atoms with Crippen LogP contribution in [0.25, 0.3) is 0 Å². The molecule has 1 rings (SSSR count). The molecule has 0 atom stereocenters. The Hall–Kier alpha value is -2.17. The molecule has 0 spiro atoms. The summed E-state index contributed by atoms with van der Waals surface area (Å²) in [6.07, 6.45) is -7.43. The summed E-state index contributed by atoms with van der Waals surface area (Å²) in [5.74, 6) is -51.3. The molecule has 2 amide bonds. The molecule has 0 saturated heterocycles. The Balaban J connectivity index is 3.47. The van der Waals surface area contributed by atoms with Gasteiger partial charge in [0.05, 0.1) is 6.54 Å². The summed E-state index contributed by atoms with van der Waals surface area (Å²) < 4.78 is 194. The SMILES string of the molecule is O=C1C=CC(=O)N1CC(F)(F)C(F)(F)C(F)(F)C(F)(F)C(F)(F)C(F)(F)C(F)(F)F. The molecule has 1 heterocycles. The summed E-state index contributed by atoms with van der Waals surface area (Å²) in [6, 6.07) is 0. The first-order valence-electron chi connectivity index (χ1n) is 6.77. The van der Waals surface area contributed by atoms with Gasteiger partial charge in [0.15, 0.2) is 0 Å². The largest absolute Gasteiger partial charge is 0.460 e. The maximum absolute atomic E-state index is 13.6. The molecule has 0 bridgehead atoms. The van der Waals surface area contributed by atoms with Crippen LogP contribution in [0.5, 0.6) is 0 Å². The van der Waals surface area contributed by atoms with Gasteiger partial charge in [0, 0.05) is 12.2 Å². The topological polar surface area (TPSA) is 37.4 Å². The van der Waals surface area contributed by atoms with E-state index < -0.39 is 65.0 Å². The molecule has 0 aromatic rings. The zero-order chi connectivity index (χ0) is 24.4. The molecule has 3 nitrogen and oxygen atoms in total. The van der Waals surface area contributed by atoms with Gasteiger partial charge in [-0.15, -0.1) is 0 Å². The van der Waals surface area contributed by atoms with Crippen molar-refractivity contribution in [3.05, 3.63) is 12.2 Å². The van der Waals surface area contributed by atoms with E-state index in [1.54, 1.807) is 0 Å². The Morgan fingerprint density at radius 3 is 1.17 bits per heavy atom. The van der Waals surface area contributed by atoms with Crippen molar-refractivity contribution in [2.75, 3.05) is 6.54 Å². The van der Waals surface area contributed by atoms with Crippen molar-refractivity contribution < 1.29 is 75.4 Å². The van der Waals surface area contributed by atoms with Gasteiger partial charge in [-0.2, -0.15) is 65.9 Å². The molecular formula is C12H4F15NO2. The molecule has 0 aliphatic carbocycles. The average molecular weight is 479 g/mol. The van der Waals surface area contributed by atoms with Gasteiger partial charge in [-0.25, -0.2) is 0 Å². The second-order valence-corrected chi connectivity index (χ2v) is 5.67. The number of carbonyl (C=O) groups excluding carboxylic acids is 2. The molecule has 0 unspecified atom stereocenters. The standard InChI is InChI=1S/C12H4F15NO2/c13-6(14,3-28-4(29)1-2-5(28)30)7(15,16)8(17,18)9(19,20)10(21,22)11(23,24)12(25,26)27/h1-2H,3H2. The van der Waals surface area contributed by atoms with E-state index in [-0.39, 0.29) is 12.2 Å². The van der Waals surface area contributed by atoms with Crippen molar-refractivity contribution in [1.82, 2.24) is 4.90 Å². The first-order chi connectivity index (χ1) is 12.9. The monoisotopic (exact) mass is 479 g/mol. The van der Waals surface area contributed by atoms with E-state index in [2.05, 4.69) is 0 Å². The fourth-order valence-corrected chi connectivity index (χ4v) is 1.88. The summed E-state index contributed by atoms with van der Waals surface area (Å²) >= 11 is 0. The zero-order valence-electron chi connectivity index (χ0n) is 13.3. The summed E-state index contributed by atoms with van der Waals surface area (Å²) in [5, 5.41) is 0. The normalized spacial score (nSPS) is 17.9. The number of halogens is 15. The number of imide groups is 1. The third-order valence-electron chi connectivity index (χ3n) is 3.65. The van der Waals surface area contributed by atoms with Gasteiger partial charge in [-0.3, -0.25) is 14.5 Å². The molecule has 18 heteroatoms. The van der Waals surface area contributed by atoms with Crippen LogP contribution in [-0.4, -0.2) is 65.0 Å². The van der Waals surface area contributed by atoms with Gasteiger partial charge >= 0.3 is 41.7 Å². The van der Waals surface area contributed by atoms with Gasteiger partial charge in [0.2, 0.25) is 0 Å². The molecule has 0 aromatic carbocycles. The van der Waals surface area contributed by atoms with Crippen molar-refractivity contribution in [2.24, 2.45) is 0 Å². The molecule has 1 aliphatic heterocycles. The van der Waals surface area contributed by atoms with E-state index in [0.717, 1.165) is 0 Å². The minimum Gasteiger partial charge on any atom is -0.269 e. The van der Waals surface area contributed by atoms with Crippen LogP contribution in [-0.2, 0) is 9.59 Å². The van der Waals surface area contributed by atoms with Gasteiger partial charge in [0.25, 0.3) is 11.8 Å². The van der Waals surface area contributed by atoms with Crippen molar-refractivity contribution in [2.45, 2.75) is 41.7 Å². The second kappa shape index (κ2) is 6.66. The summed E-state index contributed by atoms with van der Waals surface area (Å²) in [7, 11) is 0. The van der Waals surface area contributed by atoms with Crippen LogP contribution >= 0.6 is 0 Å². The maximum atomic E-state index is 13.6. The van der Waals surface area contributed by atoms with Gasteiger partial charge in [-0.05, 0) is 0 Å². The summed E-state index contributed by atoms with van der Waals surface area (Å²) in [4.78, 5) is 21.1. The Morgan fingerprint density at radius 2 is 0.833 bits per heavy atom. The first-order valence-corrected chi connectivity index (χ1v) is 6.77. The van der Waals surface area contributed by atoms with E-state index in [1.165, 1.54) is 0 Å². The highest BCUT2D eigenvalue weighted by atomic mass is 19.4. The molecule has 0 N–H and O–H groups in total. The zero-order valence-corrected chi connectivity index (χ0v) is 13.3. The number of rotatable bonds is 7. The fourth-order valence-electron chi connectivity index (χ4n) is 1.88. The molecule has 30 heavy (non-hydrogen) atoms.